The minimum atomic E-state index is -3.75. The van der Waals surface area contributed by atoms with Gasteiger partial charge in [-0.15, -0.1) is 0 Å². The lowest BCUT2D eigenvalue weighted by Gasteiger charge is -2.30. The molecular weight excluding hydrogens is 400 g/mol. The molecule has 0 radical (unpaired) electrons. The van der Waals surface area contributed by atoms with Crippen LogP contribution in [0.3, 0.4) is 0 Å². The number of hydrogen-bond donors (Lipinski definition) is 0. The molecule has 0 aromatic heterocycles. The standard InChI is InChI=1S/C20H21ClN2O4S/c1-14(24)22-11-12-27-20-9-8-15(13-19(20)22)28(25,26)23-10-4-7-18(23)16-5-2-3-6-17(16)21/h2-3,5-6,8-9,13,18H,4,7,10-12H2,1H3/t18-/m0/s1. The lowest BCUT2D eigenvalue weighted by atomic mass is 10.1. The third-order valence-electron chi connectivity index (χ3n) is 5.25. The molecule has 148 valence electrons. The van der Waals surface area contributed by atoms with Gasteiger partial charge in [0.05, 0.1) is 23.2 Å². The van der Waals surface area contributed by atoms with E-state index in [-0.39, 0.29) is 16.8 Å². The van der Waals surface area contributed by atoms with E-state index in [0.717, 1.165) is 18.4 Å². The summed E-state index contributed by atoms with van der Waals surface area (Å²) in [5.74, 6) is 0.374. The molecule has 0 aliphatic carbocycles. The molecule has 1 fully saturated rings. The van der Waals surface area contributed by atoms with E-state index < -0.39 is 10.0 Å². The summed E-state index contributed by atoms with van der Waals surface area (Å²) in [4.78, 5) is 13.7. The van der Waals surface area contributed by atoms with E-state index in [0.29, 0.717) is 36.2 Å². The summed E-state index contributed by atoms with van der Waals surface area (Å²) in [5.41, 5.74) is 1.31. The normalized spacial score (nSPS) is 19.9. The van der Waals surface area contributed by atoms with Crippen molar-refractivity contribution in [2.24, 2.45) is 0 Å². The van der Waals surface area contributed by atoms with Crippen LogP contribution < -0.4 is 9.64 Å². The fourth-order valence-electron chi connectivity index (χ4n) is 3.90. The number of hydrogen-bond acceptors (Lipinski definition) is 4. The van der Waals surface area contributed by atoms with Crippen LogP contribution in [0.5, 0.6) is 5.75 Å². The molecule has 1 saturated heterocycles. The number of halogens is 1. The first-order chi connectivity index (χ1) is 13.4. The maximum absolute atomic E-state index is 13.4. The highest BCUT2D eigenvalue weighted by Gasteiger charge is 2.37. The maximum atomic E-state index is 13.4. The van der Waals surface area contributed by atoms with Gasteiger partial charge in [0.15, 0.2) is 0 Å². The largest absolute Gasteiger partial charge is 0.490 e. The molecule has 2 aromatic rings. The van der Waals surface area contributed by atoms with Gasteiger partial charge in [-0.3, -0.25) is 4.79 Å². The zero-order valence-electron chi connectivity index (χ0n) is 15.5. The molecule has 4 rings (SSSR count). The van der Waals surface area contributed by atoms with E-state index in [4.69, 9.17) is 16.3 Å². The average Bonchev–Trinajstić information content (AvgIpc) is 3.17. The smallest absolute Gasteiger partial charge is 0.243 e. The second-order valence-corrected chi connectivity index (χ2v) is 9.24. The van der Waals surface area contributed by atoms with E-state index >= 15 is 0 Å². The van der Waals surface area contributed by atoms with Gasteiger partial charge in [0.2, 0.25) is 15.9 Å². The summed E-state index contributed by atoms with van der Waals surface area (Å²) in [7, 11) is -3.75. The molecule has 1 atom stereocenters. The van der Waals surface area contributed by atoms with Crippen molar-refractivity contribution in [2.45, 2.75) is 30.7 Å². The summed E-state index contributed by atoms with van der Waals surface area (Å²) in [6.45, 7) is 2.68. The molecule has 2 heterocycles. The molecule has 28 heavy (non-hydrogen) atoms. The van der Waals surface area contributed by atoms with Gasteiger partial charge in [0, 0.05) is 18.5 Å². The van der Waals surface area contributed by atoms with Gasteiger partial charge in [-0.2, -0.15) is 4.31 Å². The summed E-state index contributed by atoms with van der Waals surface area (Å²) in [5, 5.41) is 0.566. The molecule has 8 heteroatoms. The Kier molecular flexibility index (Phi) is 5.07. The van der Waals surface area contributed by atoms with Crippen LogP contribution in [0.2, 0.25) is 5.02 Å². The Morgan fingerprint density at radius 3 is 2.71 bits per heavy atom. The summed E-state index contributed by atoms with van der Waals surface area (Å²) < 4.78 is 34.0. The lowest BCUT2D eigenvalue weighted by Crippen LogP contribution is -2.37. The molecule has 0 spiro atoms. The van der Waals surface area contributed by atoms with Crippen LogP contribution in [0.4, 0.5) is 5.69 Å². The van der Waals surface area contributed by atoms with Crippen molar-refractivity contribution in [1.82, 2.24) is 4.31 Å². The summed E-state index contributed by atoms with van der Waals surface area (Å²) in [6.07, 6.45) is 1.49. The van der Waals surface area contributed by atoms with Crippen molar-refractivity contribution in [1.29, 1.82) is 0 Å². The van der Waals surface area contributed by atoms with Gasteiger partial charge in [0.25, 0.3) is 0 Å². The molecule has 2 aliphatic rings. The number of ether oxygens (including phenoxy) is 1. The summed E-state index contributed by atoms with van der Waals surface area (Å²) in [6, 6.07) is 11.8. The Balaban J connectivity index is 1.73. The monoisotopic (exact) mass is 420 g/mol. The zero-order valence-corrected chi connectivity index (χ0v) is 17.0. The fraction of sp³-hybridized carbons (Fsp3) is 0.350. The fourth-order valence-corrected chi connectivity index (χ4v) is 5.86. The second-order valence-electron chi connectivity index (χ2n) is 6.94. The Labute approximate surface area is 169 Å². The van der Waals surface area contributed by atoms with Crippen LogP contribution >= 0.6 is 11.6 Å². The van der Waals surface area contributed by atoms with Gasteiger partial charge < -0.3 is 9.64 Å². The Hall–Kier alpha value is -2.09. The van der Waals surface area contributed by atoms with Crippen molar-refractivity contribution in [3.05, 3.63) is 53.1 Å². The van der Waals surface area contributed by atoms with E-state index in [9.17, 15) is 13.2 Å². The van der Waals surface area contributed by atoms with Crippen LogP contribution in [0, 0.1) is 0 Å². The minimum absolute atomic E-state index is 0.144. The second kappa shape index (κ2) is 7.39. The van der Waals surface area contributed by atoms with E-state index in [2.05, 4.69) is 0 Å². The highest BCUT2D eigenvalue weighted by atomic mass is 35.5. The molecule has 2 aliphatic heterocycles. The van der Waals surface area contributed by atoms with Crippen LogP contribution in [-0.2, 0) is 14.8 Å². The quantitative estimate of drug-likeness (QED) is 0.760. The molecule has 1 amide bonds. The Morgan fingerprint density at radius 1 is 1.18 bits per heavy atom. The number of rotatable bonds is 3. The number of nitrogens with zero attached hydrogens (tertiary/aromatic N) is 2. The lowest BCUT2D eigenvalue weighted by molar-refractivity contribution is -0.116. The molecule has 0 saturated carbocycles. The van der Waals surface area contributed by atoms with Crippen molar-refractivity contribution >= 4 is 33.2 Å². The predicted molar refractivity (Wildman–Crippen MR) is 107 cm³/mol. The van der Waals surface area contributed by atoms with E-state index in [1.807, 2.05) is 18.2 Å². The van der Waals surface area contributed by atoms with Gasteiger partial charge >= 0.3 is 0 Å². The van der Waals surface area contributed by atoms with Crippen molar-refractivity contribution in [3.63, 3.8) is 0 Å². The third kappa shape index (κ3) is 3.27. The number of anilines is 1. The highest BCUT2D eigenvalue weighted by Crippen LogP contribution is 2.41. The Bertz CT molecular complexity index is 1020. The molecule has 0 N–H and O–H groups in total. The number of amides is 1. The number of carbonyl (C=O) groups excluding carboxylic acids is 1. The molecule has 6 nitrogen and oxygen atoms in total. The molecular formula is C20H21ClN2O4S. The van der Waals surface area contributed by atoms with Crippen LogP contribution in [-0.4, -0.2) is 38.3 Å². The SMILES string of the molecule is CC(=O)N1CCOc2ccc(S(=O)(=O)N3CCC[C@H]3c3ccccc3Cl)cc21. The Morgan fingerprint density at radius 2 is 1.96 bits per heavy atom. The molecule has 0 unspecified atom stereocenters. The average molecular weight is 421 g/mol. The number of sulfonamides is 1. The zero-order chi connectivity index (χ0) is 19.9. The number of benzene rings is 2. The van der Waals surface area contributed by atoms with Gasteiger partial charge in [-0.25, -0.2) is 8.42 Å². The molecule has 0 bridgehead atoms. The number of fused-ring (bicyclic) bond motifs is 1. The van der Waals surface area contributed by atoms with Crippen LogP contribution in [0.1, 0.15) is 31.4 Å². The van der Waals surface area contributed by atoms with Crippen molar-refractivity contribution in [2.75, 3.05) is 24.6 Å². The van der Waals surface area contributed by atoms with E-state index in [1.165, 1.54) is 17.3 Å². The molecule has 2 aromatic carbocycles. The first-order valence-corrected chi connectivity index (χ1v) is 11.0. The van der Waals surface area contributed by atoms with Crippen molar-refractivity contribution < 1.29 is 17.9 Å². The predicted octanol–water partition coefficient (Wildman–Crippen LogP) is 3.61. The van der Waals surface area contributed by atoms with Gasteiger partial charge in [0.1, 0.15) is 12.4 Å². The van der Waals surface area contributed by atoms with Crippen molar-refractivity contribution in [3.8, 4) is 5.75 Å². The number of carbonyl (C=O) groups is 1. The maximum Gasteiger partial charge on any atom is 0.243 e. The third-order valence-corrected chi connectivity index (χ3v) is 7.50. The van der Waals surface area contributed by atoms with Crippen LogP contribution in [0.15, 0.2) is 47.4 Å². The topological polar surface area (TPSA) is 66.9 Å². The minimum Gasteiger partial charge on any atom is -0.490 e. The first kappa shape index (κ1) is 19.2. The summed E-state index contributed by atoms with van der Waals surface area (Å²) >= 11 is 6.33. The van der Waals surface area contributed by atoms with E-state index in [1.54, 1.807) is 23.1 Å². The van der Waals surface area contributed by atoms with Gasteiger partial charge in [-0.05, 0) is 42.7 Å². The first-order valence-electron chi connectivity index (χ1n) is 9.21. The van der Waals surface area contributed by atoms with Gasteiger partial charge in [-0.1, -0.05) is 29.8 Å². The highest BCUT2D eigenvalue weighted by molar-refractivity contribution is 7.89. The van der Waals surface area contributed by atoms with Crippen LogP contribution in [0.25, 0.3) is 0 Å².